The summed E-state index contributed by atoms with van der Waals surface area (Å²) in [5.74, 6) is 7.08. The van der Waals surface area contributed by atoms with Crippen molar-refractivity contribution in [3.8, 4) is 11.8 Å². The molecule has 0 amide bonds. The van der Waals surface area contributed by atoms with E-state index in [1.165, 1.54) is 4.90 Å². The Balaban J connectivity index is 1.61. The number of ketones is 1. The maximum Gasteiger partial charge on any atom is 0.193 e. The molecule has 0 heterocycles. The molecular formula is C22H16OS. The maximum absolute atomic E-state index is 12.3. The molecule has 1 nitrogen and oxygen atoms in total. The Morgan fingerprint density at radius 1 is 0.750 bits per heavy atom. The number of rotatable bonds is 4. The van der Waals surface area contributed by atoms with Gasteiger partial charge in [0.05, 0.1) is 5.75 Å². The lowest BCUT2D eigenvalue weighted by molar-refractivity contribution is 0.103. The Labute approximate surface area is 146 Å². The number of thioether (sulfide) groups is 1. The lowest BCUT2D eigenvalue weighted by atomic mass is 10.0. The van der Waals surface area contributed by atoms with E-state index in [0.29, 0.717) is 11.1 Å². The highest BCUT2D eigenvalue weighted by molar-refractivity contribution is 7.99. The summed E-state index contributed by atoms with van der Waals surface area (Å²) in [4.78, 5) is 13.6. The number of benzene rings is 3. The van der Waals surface area contributed by atoms with Crippen molar-refractivity contribution >= 4 is 17.5 Å². The van der Waals surface area contributed by atoms with Crippen molar-refractivity contribution in [1.29, 1.82) is 0 Å². The zero-order chi connectivity index (χ0) is 16.6. The summed E-state index contributed by atoms with van der Waals surface area (Å²) >= 11 is 1.72. The van der Waals surface area contributed by atoms with Crippen LogP contribution in [0.3, 0.4) is 0 Å². The van der Waals surface area contributed by atoms with E-state index >= 15 is 0 Å². The van der Waals surface area contributed by atoms with E-state index < -0.39 is 0 Å². The average Bonchev–Trinajstić information content (AvgIpc) is 2.67. The Kier molecular flexibility index (Phi) is 5.50. The first-order valence-corrected chi connectivity index (χ1v) is 8.68. The molecule has 2 heteroatoms. The predicted molar refractivity (Wildman–Crippen MR) is 100 cm³/mol. The minimum absolute atomic E-state index is 0.0368. The third-order valence-corrected chi connectivity index (χ3v) is 4.36. The van der Waals surface area contributed by atoms with Crippen LogP contribution in [-0.4, -0.2) is 11.5 Å². The summed E-state index contributed by atoms with van der Waals surface area (Å²) in [5.41, 5.74) is 2.31. The van der Waals surface area contributed by atoms with Crippen LogP contribution < -0.4 is 0 Å². The summed E-state index contributed by atoms with van der Waals surface area (Å²) in [7, 11) is 0. The Bertz CT molecular complexity index is 857. The van der Waals surface area contributed by atoms with Crippen LogP contribution in [0, 0.1) is 11.8 Å². The molecule has 3 rings (SSSR count). The van der Waals surface area contributed by atoms with Gasteiger partial charge in [-0.2, -0.15) is 0 Å². The van der Waals surface area contributed by atoms with Crippen molar-refractivity contribution in [2.75, 3.05) is 5.75 Å². The van der Waals surface area contributed by atoms with Gasteiger partial charge in [-0.05, 0) is 36.4 Å². The third-order valence-electron chi connectivity index (χ3n) is 3.47. The van der Waals surface area contributed by atoms with E-state index in [1.54, 1.807) is 11.8 Å². The van der Waals surface area contributed by atoms with Gasteiger partial charge in [0.15, 0.2) is 5.78 Å². The number of carbonyl (C=O) groups is 1. The van der Waals surface area contributed by atoms with Gasteiger partial charge in [0, 0.05) is 21.6 Å². The molecule has 0 bridgehead atoms. The molecule has 0 fully saturated rings. The van der Waals surface area contributed by atoms with Gasteiger partial charge < -0.3 is 0 Å². The van der Waals surface area contributed by atoms with Crippen molar-refractivity contribution in [3.05, 3.63) is 102 Å². The Hall–Kier alpha value is -2.76. The molecule has 0 N–H and O–H groups in total. The van der Waals surface area contributed by atoms with Crippen molar-refractivity contribution in [2.24, 2.45) is 0 Å². The summed E-state index contributed by atoms with van der Waals surface area (Å²) in [6.45, 7) is 0. The van der Waals surface area contributed by atoms with E-state index in [-0.39, 0.29) is 5.78 Å². The SMILES string of the molecule is O=C(c1ccccc1)c1ccc(C#CCSc2ccccc2)cc1. The van der Waals surface area contributed by atoms with Gasteiger partial charge in [0.2, 0.25) is 0 Å². The first kappa shape index (κ1) is 16.1. The normalized spacial score (nSPS) is 9.83. The fourth-order valence-electron chi connectivity index (χ4n) is 2.24. The highest BCUT2D eigenvalue weighted by Gasteiger charge is 2.07. The zero-order valence-corrected chi connectivity index (χ0v) is 13.9. The maximum atomic E-state index is 12.3. The molecule has 3 aromatic rings. The molecule has 0 aliphatic heterocycles. The summed E-state index contributed by atoms with van der Waals surface area (Å²) in [6, 6.07) is 27.0. The van der Waals surface area contributed by atoms with Gasteiger partial charge in [0.25, 0.3) is 0 Å². The van der Waals surface area contributed by atoms with Gasteiger partial charge in [-0.3, -0.25) is 4.79 Å². The largest absolute Gasteiger partial charge is 0.289 e. The van der Waals surface area contributed by atoms with Gasteiger partial charge >= 0.3 is 0 Å². The monoisotopic (exact) mass is 328 g/mol. The van der Waals surface area contributed by atoms with Gasteiger partial charge in [-0.15, -0.1) is 11.8 Å². The molecule has 0 saturated carbocycles. The van der Waals surface area contributed by atoms with Gasteiger partial charge in [0.1, 0.15) is 0 Å². The number of carbonyl (C=O) groups excluding carboxylic acids is 1. The van der Waals surface area contributed by atoms with Crippen molar-refractivity contribution < 1.29 is 4.79 Å². The molecule has 0 aliphatic carbocycles. The fourth-order valence-corrected chi connectivity index (χ4v) is 2.90. The smallest absolute Gasteiger partial charge is 0.193 e. The van der Waals surface area contributed by atoms with E-state index in [4.69, 9.17) is 0 Å². The molecule has 0 radical (unpaired) electrons. The Morgan fingerprint density at radius 2 is 1.33 bits per heavy atom. The first-order valence-electron chi connectivity index (χ1n) is 7.69. The minimum atomic E-state index is 0.0368. The van der Waals surface area contributed by atoms with E-state index in [2.05, 4.69) is 24.0 Å². The molecule has 0 aromatic heterocycles. The fraction of sp³-hybridized carbons (Fsp3) is 0.0455. The Morgan fingerprint density at radius 3 is 2.00 bits per heavy atom. The van der Waals surface area contributed by atoms with Crippen LogP contribution in [0.4, 0.5) is 0 Å². The number of hydrogen-bond acceptors (Lipinski definition) is 2. The molecule has 0 saturated heterocycles. The van der Waals surface area contributed by atoms with Crippen molar-refractivity contribution in [3.63, 3.8) is 0 Å². The van der Waals surface area contributed by atoms with Crippen molar-refractivity contribution in [2.45, 2.75) is 4.90 Å². The lowest BCUT2D eigenvalue weighted by Crippen LogP contribution is -2.00. The van der Waals surface area contributed by atoms with Crippen LogP contribution in [0.25, 0.3) is 0 Å². The lowest BCUT2D eigenvalue weighted by Gasteiger charge is -2.01. The van der Waals surface area contributed by atoms with Crippen molar-refractivity contribution in [1.82, 2.24) is 0 Å². The summed E-state index contributed by atoms with van der Waals surface area (Å²) in [5, 5.41) is 0. The molecule has 24 heavy (non-hydrogen) atoms. The molecule has 0 aliphatic rings. The van der Waals surface area contributed by atoms with Crippen LogP contribution in [0.2, 0.25) is 0 Å². The second-order valence-corrected chi connectivity index (χ2v) is 6.22. The topological polar surface area (TPSA) is 17.1 Å². The first-order chi connectivity index (χ1) is 11.8. The second kappa shape index (κ2) is 8.19. The standard InChI is InChI=1S/C22H16OS/c23-22(19-9-3-1-4-10-19)20-15-13-18(14-16-20)8-7-17-24-21-11-5-2-6-12-21/h1-6,9-16H,17H2. The summed E-state index contributed by atoms with van der Waals surface area (Å²) < 4.78 is 0. The molecule has 0 atom stereocenters. The zero-order valence-electron chi connectivity index (χ0n) is 13.1. The van der Waals surface area contributed by atoms with Crippen LogP contribution in [-0.2, 0) is 0 Å². The van der Waals surface area contributed by atoms with Gasteiger partial charge in [-0.25, -0.2) is 0 Å². The number of hydrogen-bond donors (Lipinski definition) is 0. The molecule has 0 unspecified atom stereocenters. The minimum Gasteiger partial charge on any atom is -0.289 e. The van der Waals surface area contributed by atoms with E-state index in [0.717, 1.165) is 11.3 Å². The predicted octanol–water partition coefficient (Wildman–Crippen LogP) is 5.06. The van der Waals surface area contributed by atoms with Crippen LogP contribution >= 0.6 is 11.8 Å². The van der Waals surface area contributed by atoms with E-state index in [1.807, 2.05) is 72.8 Å². The summed E-state index contributed by atoms with van der Waals surface area (Å²) in [6.07, 6.45) is 0. The van der Waals surface area contributed by atoms with E-state index in [9.17, 15) is 4.79 Å². The highest BCUT2D eigenvalue weighted by atomic mass is 32.2. The second-order valence-electron chi connectivity index (χ2n) is 5.18. The van der Waals surface area contributed by atoms with Crippen LogP contribution in [0.5, 0.6) is 0 Å². The van der Waals surface area contributed by atoms with Gasteiger partial charge in [-0.1, -0.05) is 60.4 Å². The molecule has 116 valence electrons. The quantitative estimate of drug-likeness (QED) is 0.378. The molecule has 3 aromatic carbocycles. The molecule has 0 spiro atoms. The third kappa shape index (κ3) is 4.38. The highest BCUT2D eigenvalue weighted by Crippen LogP contribution is 2.16. The van der Waals surface area contributed by atoms with Crippen LogP contribution in [0.1, 0.15) is 21.5 Å². The molecular weight excluding hydrogens is 312 g/mol. The average molecular weight is 328 g/mol. The van der Waals surface area contributed by atoms with Crippen LogP contribution in [0.15, 0.2) is 89.8 Å².